The number of carboxylic acids is 1. The van der Waals surface area contributed by atoms with Crippen LogP contribution in [0.3, 0.4) is 0 Å². The molecule has 0 aromatic rings. The molecule has 2 N–H and O–H groups in total. The van der Waals surface area contributed by atoms with Crippen molar-refractivity contribution in [2.45, 2.75) is 33.2 Å². The molecule has 1 saturated heterocycles. The van der Waals surface area contributed by atoms with E-state index in [1.165, 1.54) is 4.90 Å². The van der Waals surface area contributed by atoms with E-state index in [-0.39, 0.29) is 18.4 Å². The predicted octanol–water partition coefficient (Wildman–Crippen LogP) is 0.239. The Labute approximate surface area is 121 Å². The molecule has 0 atom stereocenters. The van der Waals surface area contributed by atoms with Crippen molar-refractivity contribution in [2.24, 2.45) is 5.92 Å². The number of carbonyl (C=O) groups is 2. The van der Waals surface area contributed by atoms with Crippen molar-refractivity contribution in [3.8, 4) is 0 Å². The third kappa shape index (κ3) is 4.45. The number of carboxylic acid groups (broad SMARTS) is 1. The van der Waals surface area contributed by atoms with Gasteiger partial charge in [0, 0.05) is 32.7 Å². The summed E-state index contributed by atoms with van der Waals surface area (Å²) < 4.78 is 0. The first-order valence-electron chi connectivity index (χ1n) is 7.22. The van der Waals surface area contributed by atoms with Crippen LogP contribution < -0.4 is 5.32 Å². The monoisotopic (exact) mass is 285 g/mol. The van der Waals surface area contributed by atoms with Crippen LogP contribution in [0.25, 0.3) is 0 Å². The van der Waals surface area contributed by atoms with Crippen LogP contribution in [0.4, 0.5) is 0 Å². The molecule has 0 radical (unpaired) electrons. The van der Waals surface area contributed by atoms with Crippen molar-refractivity contribution in [1.29, 1.82) is 0 Å². The molecule has 20 heavy (non-hydrogen) atoms. The zero-order chi connectivity index (χ0) is 15.3. The Morgan fingerprint density at radius 1 is 1.30 bits per heavy atom. The SMILES string of the molecule is CC(C)CN(CC(=O)O)C(=O)C(C)(C)N1CCNCC1. The van der Waals surface area contributed by atoms with Gasteiger partial charge in [-0.25, -0.2) is 0 Å². The van der Waals surface area contributed by atoms with Crippen molar-refractivity contribution in [1.82, 2.24) is 15.1 Å². The highest BCUT2D eigenvalue weighted by molar-refractivity contribution is 5.88. The number of nitrogens with one attached hydrogen (secondary N) is 1. The Hall–Kier alpha value is -1.14. The molecule has 0 unspecified atom stereocenters. The normalized spacial score (nSPS) is 17.2. The summed E-state index contributed by atoms with van der Waals surface area (Å²) in [5, 5.41) is 12.3. The van der Waals surface area contributed by atoms with Gasteiger partial charge in [0.1, 0.15) is 6.54 Å². The van der Waals surface area contributed by atoms with E-state index in [2.05, 4.69) is 10.2 Å². The molecular weight excluding hydrogens is 258 g/mol. The summed E-state index contributed by atoms with van der Waals surface area (Å²) >= 11 is 0. The molecule has 0 aromatic carbocycles. The lowest BCUT2D eigenvalue weighted by atomic mass is 9.98. The van der Waals surface area contributed by atoms with E-state index in [9.17, 15) is 9.59 Å². The fraction of sp³-hybridized carbons (Fsp3) is 0.857. The van der Waals surface area contributed by atoms with E-state index in [4.69, 9.17) is 5.11 Å². The van der Waals surface area contributed by atoms with Crippen LogP contribution in [0.15, 0.2) is 0 Å². The zero-order valence-electron chi connectivity index (χ0n) is 13.0. The van der Waals surface area contributed by atoms with Gasteiger partial charge in [-0.05, 0) is 19.8 Å². The van der Waals surface area contributed by atoms with E-state index in [0.717, 1.165) is 26.2 Å². The second-order valence-electron chi connectivity index (χ2n) is 6.27. The first kappa shape index (κ1) is 16.9. The molecule has 0 aromatic heterocycles. The highest BCUT2D eigenvalue weighted by Gasteiger charge is 2.38. The van der Waals surface area contributed by atoms with Gasteiger partial charge in [0.05, 0.1) is 5.54 Å². The molecule has 0 spiro atoms. The van der Waals surface area contributed by atoms with Gasteiger partial charge in [-0.1, -0.05) is 13.8 Å². The Balaban J connectivity index is 2.81. The van der Waals surface area contributed by atoms with E-state index in [1.54, 1.807) is 0 Å². The zero-order valence-corrected chi connectivity index (χ0v) is 13.0. The molecule has 1 aliphatic rings. The van der Waals surface area contributed by atoms with Crippen molar-refractivity contribution in [3.63, 3.8) is 0 Å². The molecule has 0 aliphatic carbocycles. The van der Waals surface area contributed by atoms with Crippen LogP contribution in [0.2, 0.25) is 0 Å². The number of hydrogen-bond donors (Lipinski definition) is 2. The third-order valence-corrected chi connectivity index (χ3v) is 3.63. The largest absolute Gasteiger partial charge is 0.480 e. The molecule has 1 rings (SSSR count). The Morgan fingerprint density at radius 2 is 1.85 bits per heavy atom. The van der Waals surface area contributed by atoms with Crippen LogP contribution in [0.1, 0.15) is 27.7 Å². The lowest BCUT2D eigenvalue weighted by Gasteiger charge is -2.42. The van der Waals surface area contributed by atoms with Gasteiger partial charge >= 0.3 is 5.97 Å². The number of piperazine rings is 1. The van der Waals surface area contributed by atoms with Crippen LogP contribution in [0, 0.1) is 5.92 Å². The van der Waals surface area contributed by atoms with Gasteiger partial charge in [-0.15, -0.1) is 0 Å². The molecule has 6 heteroatoms. The highest BCUT2D eigenvalue weighted by Crippen LogP contribution is 2.19. The molecule has 1 aliphatic heterocycles. The number of nitrogens with zero attached hydrogens (tertiary/aromatic N) is 2. The molecule has 1 heterocycles. The maximum absolute atomic E-state index is 12.7. The fourth-order valence-electron chi connectivity index (χ4n) is 2.57. The quantitative estimate of drug-likeness (QED) is 0.731. The van der Waals surface area contributed by atoms with Crippen LogP contribution in [0.5, 0.6) is 0 Å². The minimum Gasteiger partial charge on any atom is -0.480 e. The maximum Gasteiger partial charge on any atom is 0.323 e. The smallest absolute Gasteiger partial charge is 0.323 e. The number of aliphatic carboxylic acids is 1. The second kappa shape index (κ2) is 7.04. The Kier molecular flexibility index (Phi) is 5.95. The lowest BCUT2D eigenvalue weighted by molar-refractivity contribution is -0.151. The summed E-state index contributed by atoms with van der Waals surface area (Å²) in [6.07, 6.45) is 0. The number of hydrogen-bond acceptors (Lipinski definition) is 4. The van der Waals surface area contributed by atoms with Crippen LogP contribution in [-0.2, 0) is 9.59 Å². The summed E-state index contributed by atoms with van der Waals surface area (Å²) in [6.45, 7) is 11.3. The van der Waals surface area contributed by atoms with E-state index in [0.29, 0.717) is 6.54 Å². The van der Waals surface area contributed by atoms with Crippen LogP contribution >= 0.6 is 0 Å². The Bertz CT molecular complexity index is 350. The molecule has 6 nitrogen and oxygen atoms in total. The summed E-state index contributed by atoms with van der Waals surface area (Å²) in [7, 11) is 0. The van der Waals surface area contributed by atoms with Gasteiger partial charge in [0.2, 0.25) is 5.91 Å². The van der Waals surface area contributed by atoms with Gasteiger partial charge in [-0.2, -0.15) is 0 Å². The fourth-order valence-corrected chi connectivity index (χ4v) is 2.57. The van der Waals surface area contributed by atoms with Gasteiger partial charge in [-0.3, -0.25) is 14.5 Å². The van der Waals surface area contributed by atoms with Gasteiger partial charge < -0.3 is 15.3 Å². The maximum atomic E-state index is 12.7. The van der Waals surface area contributed by atoms with E-state index >= 15 is 0 Å². The average molecular weight is 285 g/mol. The van der Waals surface area contributed by atoms with Gasteiger partial charge in [0.25, 0.3) is 0 Å². The van der Waals surface area contributed by atoms with Crippen molar-refractivity contribution in [3.05, 3.63) is 0 Å². The average Bonchev–Trinajstić information content (AvgIpc) is 2.37. The number of rotatable bonds is 6. The number of amides is 1. The first-order valence-corrected chi connectivity index (χ1v) is 7.22. The molecule has 116 valence electrons. The highest BCUT2D eigenvalue weighted by atomic mass is 16.4. The Morgan fingerprint density at radius 3 is 2.30 bits per heavy atom. The minimum absolute atomic E-state index is 0.101. The third-order valence-electron chi connectivity index (χ3n) is 3.63. The molecule has 0 saturated carbocycles. The molecule has 1 amide bonds. The number of carbonyl (C=O) groups excluding carboxylic acids is 1. The van der Waals surface area contributed by atoms with Crippen molar-refractivity contribution >= 4 is 11.9 Å². The minimum atomic E-state index is -0.963. The topological polar surface area (TPSA) is 72.9 Å². The first-order chi connectivity index (χ1) is 9.25. The van der Waals surface area contributed by atoms with Gasteiger partial charge in [0.15, 0.2) is 0 Å². The predicted molar refractivity (Wildman–Crippen MR) is 77.6 cm³/mol. The standard InChI is InChI=1S/C14H27N3O3/c1-11(2)9-16(10-12(18)19)13(20)14(3,4)17-7-5-15-6-8-17/h11,15H,5-10H2,1-4H3,(H,18,19). The van der Waals surface area contributed by atoms with Crippen molar-refractivity contribution < 1.29 is 14.7 Å². The summed E-state index contributed by atoms with van der Waals surface area (Å²) in [5.41, 5.74) is -0.660. The second-order valence-corrected chi connectivity index (χ2v) is 6.27. The molecular formula is C14H27N3O3. The van der Waals surface area contributed by atoms with E-state index < -0.39 is 11.5 Å². The van der Waals surface area contributed by atoms with Crippen molar-refractivity contribution in [2.75, 3.05) is 39.3 Å². The summed E-state index contributed by atoms with van der Waals surface area (Å²) in [6, 6.07) is 0. The van der Waals surface area contributed by atoms with Crippen LogP contribution in [-0.4, -0.2) is 71.6 Å². The molecule has 1 fully saturated rings. The summed E-state index contributed by atoms with van der Waals surface area (Å²) in [4.78, 5) is 27.3. The lowest BCUT2D eigenvalue weighted by Crippen LogP contribution is -2.61. The summed E-state index contributed by atoms with van der Waals surface area (Å²) in [5.74, 6) is -0.817. The molecule has 0 bridgehead atoms. The van der Waals surface area contributed by atoms with E-state index in [1.807, 2.05) is 27.7 Å².